The Labute approximate surface area is 108 Å². The quantitative estimate of drug-likeness (QED) is 0.465. The van der Waals surface area contributed by atoms with Gasteiger partial charge in [0.25, 0.3) is 0 Å². The van der Waals surface area contributed by atoms with E-state index in [9.17, 15) is 9.90 Å². The van der Waals surface area contributed by atoms with Crippen LogP contribution in [0.3, 0.4) is 0 Å². The molecule has 3 atom stereocenters. The highest BCUT2D eigenvalue weighted by Gasteiger charge is 2.49. The molecule has 7 heteroatoms. The van der Waals surface area contributed by atoms with Gasteiger partial charge in [-0.2, -0.15) is 0 Å². The number of carboxylic acids is 1. The second kappa shape index (κ2) is 6.01. The van der Waals surface area contributed by atoms with Crippen LogP contribution in [0.15, 0.2) is 0 Å². The fraction of sp³-hybridized carbons (Fsp3) is 0.909. The smallest absolute Gasteiger partial charge is 0.451 e. The van der Waals surface area contributed by atoms with E-state index in [0.717, 1.165) is 6.42 Å². The first kappa shape index (κ1) is 15.4. The fourth-order valence-corrected chi connectivity index (χ4v) is 2.89. The molecule has 1 rings (SSSR count). The summed E-state index contributed by atoms with van der Waals surface area (Å²) < 4.78 is 0. The molecule has 0 bridgehead atoms. The Balaban J connectivity index is 2.67. The van der Waals surface area contributed by atoms with Crippen molar-refractivity contribution in [3.05, 3.63) is 0 Å². The number of rotatable bonds is 6. The molecule has 1 aliphatic carbocycles. The van der Waals surface area contributed by atoms with Gasteiger partial charge in [0.1, 0.15) is 5.54 Å². The van der Waals surface area contributed by atoms with E-state index in [4.69, 9.17) is 15.8 Å². The fourth-order valence-electron chi connectivity index (χ4n) is 2.89. The van der Waals surface area contributed by atoms with E-state index in [1.807, 2.05) is 19.0 Å². The van der Waals surface area contributed by atoms with Crippen LogP contribution in [0, 0.1) is 11.8 Å². The number of hydrogen-bond acceptors (Lipinski definition) is 5. The van der Waals surface area contributed by atoms with Gasteiger partial charge >= 0.3 is 13.1 Å². The van der Waals surface area contributed by atoms with Crippen LogP contribution in [-0.2, 0) is 4.79 Å². The van der Waals surface area contributed by atoms with Crippen molar-refractivity contribution in [2.24, 2.45) is 17.6 Å². The van der Waals surface area contributed by atoms with Crippen molar-refractivity contribution in [1.82, 2.24) is 4.90 Å². The summed E-state index contributed by atoms with van der Waals surface area (Å²) in [7, 11) is 2.47. The molecule has 0 aliphatic heterocycles. The number of nitrogens with two attached hydrogens (primary N) is 1. The van der Waals surface area contributed by atoms with Crippen molar-refractivity contribution in [2.45, 2.75) is 31.1 Å². The first-order valence-electron chi connectivity index (χ1n) is 6.29. The van der Waals surface area contributed by atoms with Gasteiger partial charge in [0, 0.05) is 12.5 Å². The molecule has 104 valence electrons. The molecule has 0 aromatic carbocycles. The van der Waals surface area contributed by atoms with E-state index in [1.54, 1.807) is 0 Å². The minimum absolute atomic E-state index is 0.0918. The Bertz CT molecular complexity index is 301. The van der Waals surface area contributed by atoms with Crippen LogP contribution in [0.1, 0.15) is 19.3 Å². The van der Waals surface area contributed by atoms with Gasteiger partial charge in [-0.15, -0.1) is 0 Å². The maximum Gasteiger partial charge on any atom is 0.451 e. The first-order chi connectivity index (χ1) is 8.25. The molecule has 1 saturated carbocycles. The highest BCUT2D eigenvalue weighted by Crippen LogP contribution is 2.41. The largest absolute Gasteiger partial charge is 0.480 e. The van der Waals surface area contributed by atoms with Gasteiger partial charge in [0.15, 0.2) is 0 Å². The Morgan fingerprint density at radius 3 is 2.56 bits per heavy atom. The van der Waals surface area contributed by atoms with Crippen LogP contribution in [0.5, 0.6) is 0 Å². The third kappa shape index (κ3) is 3.68. The zero-order valence-corrected chi connectivity index (χ0v) is 11.0. The molecule has 5 N–H and O–H groups in total. The van der Waals surface area contributed by atoms with Crippen LogP contribution in [0.2, 0.25) is 6.32 Å². The lowest BCUT2D eigenvalue weighted by Gasteiger charge is -2.28. The normalized spacial score (nSPS) is 31.9. The summed E-state index contributed by atoms with van der Waals surface area (Å²) in [6, 6.07) is 0. The van der Waals surface area contributed by atoms with E-state index in [-0.39, 0.29) is 18.2 Å². The molecular weight excluding hydrogens is 235 g/mol. The van der Waals surface area contributed by atoms with E-state index < -0.39 is 18.6 Å². The summed E-state index contributed by atoms with van der Waals surface area (Å²) in [5.41, 5.74) is 4.85. The number of carbonyl (C=O) groups is 1. The standard InChI is InChI=1S/C11H23BN2O4/c1-14(2)7-9-5-8(3-4-12(17)18)6-11(9,13)10(15)16/h8-9,17-18H,3-7,13H2,1-2H3,(H,15,16). The number of aliphatic carboxylic acids is 1. The molecule has 1 aliphatic rings. The Hall–Kier alpha value is -0.625. The van der Waals surface area contributed by atoms with Gasteiger partial charge < -0.3 is 25.8 Å². The molecule has 0 amide bonds. The predicted octanol–water partition coefficient (Wildman–Crippen LogP) is -0.781. The lowest BCUT2D eigenvalue weighted by atomic mass is 9.80. The maximum atomic E-state index is 11.4. The van der Waals surface area contributed by atoms with Gasteiger partial charge in [-0.25, -0.2) is 0 Å². The van der Waals surface area contributed by atoms with E-state index in [0.29, 0.717) is 19.4 Å². The van der Waals surface area contributed by atoms with Gasteiger partial charge in [-0.1, -0.05) is 6.42 Å². The lowest BCUT2D eigenvalue weighted by molar-refractivity contribution is -0.145. The van der Waals surface area contributed by atoms with Crippen molar-refractivity contribution in [3.63, 3.8) is 0 Å². The van der Waals surface area contributed by atoms with Crippen LogP contribution in [-0.4, -0.2) is 59.3 Å². The molecule has 0 saturated heterocycles. The summed E-state index contributed by atoms with van der Waals surface area (Å²) in [5, 5.41) is 27.0. The molecule has 0 aromatic heterocycles. The average molecular weight is 258 g/mol. The molecular formula is C11H23BN2O4. The van der Waals surface area contributed by atoms with Crippen molar-refractivity contribution in [1.29, 1.82) is 0 Å². The highest BCUT2D eigenvalue weighted by molar-refractivity contribution is 6.40. The Kier molecular flexibility index (Phi) is 5.15. The Morgan fingerprint density at radius 2 is 2.11 bits per heavy atom. The SMILES string of the molecule is CN(C)CC1CC(CCB(O)O)CC1(N)C(=O)O. The second-order valence-corrected chi connectivity index (χ2v) is 5.67. The van der Waals surface area contributed by atoms with E-state index >= 15 is 0 Å². The summed E-state index contributed by atoms with van der Waals surface area (Å²) in [4.78, 5) is 13.3. The second-order valence-electron chi connectivity index (χ2n) is 5.67. The van der Waals surface area contributed by atoms with Crippen LogP contribution >= 0.6 is 0 Å². The third-order valence-electron chi connectivity index (χ3n) is 3.79. The van der Waals surface area contributed by atoms with Crippen LogP contribution < -0.4 is 5.73 Å². The van der Waals surface area contributed by atoms with Crippen molar-refractivity contribution in [2.75, 3.05) is 20.6 Å². The molecule has 6 nitrogen and oxygen atoms in total. The van der Waals surface area contributed by atoms with Crippen LogP contribution in [0.25, 0.3) is 0 Å². The average Bonchev–Trinajstić information content (AvgIpc) is 2.53. The van der Waals surface area contributed by atoms with Gasteiger partial charge in [0.2, 0.25) is 0 Å². The van der Waals surface area contributed by atoms with Crippen molar-refractivity contribution >= 4 is 13.1 Å². The van der Waals surface area contributed by atoms with E-state index in [2.05, 4.69) is 0 Å². The lowest BCUT2D eigenvalue weighted by Crippen LogP contribution is -2.53. The predicted molar refractivity (Wildman–Crippen MR) is 68.9 cm³/mol. The monoisotopic (exact) mass is 258 g/mol. The summed E-state index contributed by atoms with van der Waals surface area (Å²) in [6.07, 6.45) is 2.02. The van der Waals surface area contributed by atoms with Crippen molar-refractivity contribution in [3.8, 4) is 0 Å². The molecule has 1 fully saturated rings. The minimum Gasteiger partial charge on any atom is -0.480 e. The van der Waals surface area contributed by atoms with Gasteiger partial charge in [-0.3, -0.25) is 4.79 Å². The number of nitrogens with zero attached hydrogens (tertiary/aromatic N) is 1. The number of carboxylic acid groups (broad SMARTS) is 1. The number of hydrogen-bond donors (Lipinski definition) is 4. The zero-order chi connectivity index (χ0) is 13.9. The summed E-state index contributed by atoms with van der Waals surface area (Å²) in [5.74, 6) is -0.898. The summed E-state index contributed by atoms with van der Waals surface area (Å²) in [6.45, 7) is 0.640. The van der Waals surface area contributed by atoms with Gasteiger partial charge in [0.05, 0.1) is 0 Å². The molecule has 0 aromatic rings. The highest BCUT2D eigenvalue weighted by atomic mass is 16.4. The molecule has 0 spiro atoms. The maximum absolute atomic E-state index is 11.4. The van der Waals surface area contributed by atoms with Gasteiger partial charge in [-0.05, 0) is 39.2 Å². The topological polar surface area (TPSA) is 107 Å². The minimum atomic E-state index is -1.32. The molecule has 3 unspecified atom stereocenters. The van der Waals surface area contributed by atoms with E-state index in [1.165, 1.54) is 0 Å². The van der Waals surface area contributed by atoms with Crippen molar-refractivity contribution < 1.29 is 19.9 Å². The van der Waals surface area contributed by atoms with Crippen LogP contribution in [0.4, 0.5) is 0 Å². The summed E-state index contributed by atoms with van der Waals surface area (Å²) >= 11 is 0. The zero-order valence-electron chi connectivity index (χ0n) is 11.0. The first-order valence-corrected chi connectivity index (χ1v) is 6.29. The molecule has 18 heavy (non-hydrogen) atoms. The molecule has 0 radical (unpaired) electrons. The Morgan fingerprint density at radius 1 is 1.50 bits per heavy atom. The molecule has 0 heterocycles. The third-order valence-corrected chi connectivity index (χ3v) is 3.79.